The summed E-state index contributed by atoms with van der Waals surface area (Å²) in [6.07, 6.45) is 1.13. The number of aryl methyl sites for hydroxylation is 1. The number of hydrogen-bond acceptors (Lipinski definition) is 3. The normalized spacial score (nSPS) is 19.9. The fourth-order valence-corrected chi connectivity index (χ4v) is 3.55. The molecule has 0 bridgehead atoms. The van der Waals surface area contributed by atoms with E-state index in [1.165, 1.54) is 0 Å². The molecule has 1 amide bonds. The van der Waals surface area contributed by atoms with Gasteiger partial charge >= 0.3 is 0 Å². The predicted octanol–water partition coefficient (Wildman–Crippen LogP) is 3.25. The summed E-state index contributed by atoms with van der Waals surface area (Å²) in [7, 11) is 0. The van der Waals surface area contributed by atoms with Crippen LogP contribution in [0.1, 0.15) is 29.3 Å². The first-order chi connectivity index (χ1) is 8.61. The number of thiol groups is 1. The lowest BCUT2D eigenvalue weighted by Crippen LogP contribution is -2.42. The SMILES string of the molecule is CCC1CN(C(=O)c2cc(S)ccc2C)CCS1. The lowest BCUT2D eigenvalue weighted by atomic mass is 10.1. The van der Waals surface area contributed by atoms with E-state index >= 15 is 0 Å². The molecule has 1 aliphatic heterocycles. The first kappa shape index (κ1) is 13.8. The molecule has 0 aliphatic carbocycles. The molecular weight excluding hydrogens is 262 g/mol. The Hall–Kier alpha value is -0.610. The lowest BCUT2D eigenvalue weighted by Gasteiger charge is -2.32. The van der Waals surface area contributed by atoms with Crippen LogP contribution in [0.3, 0.4) is 0 Å². The van der Waals surface area contributed by atoms with Gasteiger partial charge in [-0.15, -0.1) is 12.6 Å². The molecule has 2 rings (SSSR count). The monoisotopic (exact) mass is 281 g/mol. The van der Waals surface area contributed by atoms with Crippen molar-refractivity contribution >= 4 is 30.3 Å². The molecule has 0 saturated carbocycles. The summed E-state index contributed by atoms with van der Waals surface area (Å²) in [5, 5.41) is 0.585. The summed E-state index contributed by atoms with van der Waals surface area (Å²) in [6, 6.07) is 5.77. The second-order valence-corrected chi connectivity index (χ2v) is 6.58. The van der Waals surface area contributed by atoms with E-state index in [1.807, 2.05) is 41.8 Å². The highest BCUT2D eigenvalue weighted by molar-refractivity contribution is 8.00. The largest absolute Gasteiger partial charge is 0.337 e. The van der Waals surface area contributed by atoms with E-state index in [9.17, 15) is 4.79 Å². The third-order valence-electron chi connectivity index (χ3n) is 3.33. The number of benzene rings is 1. The number of thioether (sulfide) groups is 1. The summed E-state index contributed by atoms with van der Waals surface area (Å²) >= 11 is 6.30. The third kappa shape index (κ3) is 3.04. The average Bonchev–Trinajstić information content (AvgIpc) is 2.41. The maximum atomic E-state index is 12.5. The number of rotatable bonds is 2. The van der Waals surface area contributed by atoms with Gasteiger partial charge in [0.2, 0.25) is 0 Å². The van der Waals surface area contributed by atoms with Gasteiger partial charge in [-0.2, -0.15) is 11.8 Å². The quantitative estimate of drug-likeness (QED) is 0.840. The molecule has 0 N–H and O–H groups in total. The molecule has 1 aromatic carbocycles. The highest BCUT2D eigenvalue weighted by atomic mass is 32.2. The van der Waals surface area contributed by atoms with Crippen LogP contribution in [-0.4, -0.2) is 34.9 Å². The molecule has 0 radical (unpaired) electrons. The summed E-state index contributed by atoms with van der Waals surface area (Å²) in [5.74, 6) is 1.20. The van der Waals surface area contributed by atoms with Gasteiger partial charge in [-0.1, -0.05) is 13.0 Å². The van der Waals surface area contributed by atoms with E-state index in [1.54, 1.807) is 0 Å². The Morgan fingerprint density at radius 3 is 3.06 bits per heavy atom. The zero-order valence-corrected chi connectivity index (χ0v) is 12.6. The Labute approximate surface area is 119 Å². The van der Waals surface area contributed by atoms with Crippen LogP contribution in [-0.2, 0) is 0 Å². The minimum absolute atomic E-state index is 0.155. The van der Waals surface area contributed by atoms with Crippen molar-refractivity contribution in [1.82, 2.24) is 4.90 Å². The number of hydrogen-bond donors (Lipinski definition) is 1. The van der Waals surface area contributed by atoms with Gasteiger partial charge in [0, 0.05) is 34.6 Å². The van der Waals surface area contributed by atoms with Crippen molar-refractivity contribution in [3.05, 3.63) is 29.3 Å². The first-order valence-corrected chi connectivity index (χ1v) is 7.82. The molecule has 0 spiro atoms. The van der Waals surface area contributed by atoms with Crippen molar-refractivity contribution in [3.63, 3.8) is 0 Å². The summed E-state index contributed by atoms with van der Waals surface area (Å²) in [5.41, 5.74) is 1.83. The minimum Gasteiger partial charge on any atom is -0.337 e. The second-order valence-electron chi connectivity index (χ2n) is 4.65. The molecule has 18 heavy (non-hydrogen) atoms. The fraction of sp³-hybridized carbons (Fsp3) is 0.500. The third-order valence-corrected chi connectivity index (χ3v) is 4.98. The molecule has 0 aromatic heterocycles. The topological polar surface area (TPSA) is 20.3 Å². The molecule has 1 atom stereocenters. The Bertz CT molecular complexity index is 447. The van der Waals surface area contributed by atoms with Gasteiger partial charge in [-0.05, 0) is 31.0 Å². The number of amides is 1. The van der Waals surface area contributed by atoms with Crippen molar-refractivity contribution in [1.29, 1.82) is 0 Å². The zero-order valence-electron chi connectivity index (χ0n) is 10.8. The highest BCUT2D eigenvalue weighted by Crippen LogP contribution is 2.24. The van der Waals surface area contributed by atoms with E-state index in [2.05, 4.69) is 19.6 Å². The van der Waals surface area contributed by atoms with Gasteiger partial charge < -0.3 is 4.90 Å². The fourth-order valence-electron chi connectivity index (χ4n) is 2.16. The Morgan fingerprint density at radius 1 is 1.56 bits per heavy atom. The highest BCUT2D eigenvalue weighted by Gasteiger charge is 2.24. The van der Waals surface area contributed by atoms with Crippen molar-refractivity contribution in [2.75, 3.05) is 18.8 Å². The Kier molecular flexibility index (Phi) is 4.62. The van der Waals surface area contributed by atoms with Gasteiger partial charge in [-0.3, -0.25) is 4.79 Å². The van der Waals surface area contributed by atoms with Crippen molar-refractivity contribution in [3.8, 4) is 0 Å². The van der Waals surface area contributed by atoms with Gasteiger partial charge in [-0.25, -0.2) is 0 Å². The molecule has 1 aromatic rings. The lowest BCUT2D eigenvalue weighted by molar-refractivity contribution is 0.0760. The first-order valence-electron chi connectivity index (χ1n) is 6.32. The van der Waals surface area contributed by atoms with Crippen LogP contribution < -0.4 is 0 Å². The maximum Gasteiger partial charge on any atom is 0.254 e. The van der Waals surface area contributed by atoms with Crippen LogP contribution in [0.15, 0.2) is 23.1 Å². The van der Waals surface area contributed by atoms with Gasteiger partial charge in [0.15, 0.2) is 0 Å². The molecule has 1 unspecified atom stereocenters. The summed E-state index contributed by atoms with van der Waals surface area (Å²) < 4.78 is 0. The summed E-state index contributed by atoms with van der Waals surface area (Å²) in [4.78, 5) is 15.4. The maximum absolute atomic E-state index is 12.5. The number of nitrogens with zero attached hydrogens (tertiary/aromatic N) is 1. The Morgan fingerprint density at radius 2 is 2.33 bits per heavy atom. The summed E-state index contributed by atoms with van der Waals surface area (Å²) in [6.45, 7) is 5.90. The molecule has 1 heterocycles. The van der Waals surface area contributed by atoms with E-state index in [0.29, 0.717) is 5.25 Å². The van der Waals surface area contributed by atoms with E-state index in [0.717, 1.165) is 41.3 Å². The molecular formula is C14H19NOS2. The van der Waals surface area contributed by atoms with Crippen LogP contribution in [0, 0.1) is 6.92 Å². The van der Waals surface area contributed by atoms with Crippen LogP contribution in [0.4, 0.5) is 0 Å². The molecule has 2 nitrogen and oxygen atoms in total. The molecule has 98 valence electrons. The van der Waals surface area contributed by atoms with Crippen LogP contribution >= 0.6 is 24.4 Å². The van der Waals surface area contributed by atoms with Crippen LogP contribution in [0.25, 0.3) is 0 Å². The predicted molar refractivity (Wildman–Crippen MR) is 80.9 cm³/mol. The van der Waals surface area contributed by atoms with Crippen LogP contribution in [0.5, 0.6) is 0 Å². The molecule has 1 saturated heterocycles. The Balaban J connectivity index is 2.17. The zero-order chi connectivity index (χ0) is 13.1. The van der Waals surface area contributed by atoms with Gasteiger partial charge in [0.25, 0.3) is 5.91 Å². The van der Waals surface area contributed by atoms with Gasteiger partial charge in [0.1, 0.15) is 0 Å². The standard InChI is InChI=1S/C14H19NOS2/c1-3-12-9-15(6-7-18-12)14(16)13-8-11(17)5-4-10(13)2/h4-5,8,12,17H,3,6-7,9H2,1-2H3. The van der Waals surface area contributed by atoms with Crippen molar-refractivity contribution in [2.45, 2.75) is 30.4 Å². The smallest absolute Gasteiger partial charge is 0.254 e. The van der Waals surface area contributed by atoms with E-state index in [-0.39, 0.29) is 5.91 Å². The minimum atomic E-state index is 0.155. The number of carbonyl (C=O) groups is 1. The van der Waals surface area contributed by atoms with Crippen LogP contribution in [0.2, 0.25) is 0 Å². The van der Waals surface area contributed by atoms with E-state index in [4.69, 9.17) is 0 Å². The van der Waals surface area contributed by atoms with Crippen molar-refractivity contribution < 1.29 is 4.79 Å². The van der Waals surface area contributed by atoms with E-state index < -0.39 is 0 Å². The molecule has 4 heteroatoms. The number of carbonyl (C=O) groups excluding carboxylic acids is 1. The molecule has 1 fully saturated rings. The van der Waals surface area contributed by atoms with Gasteiger partial charge in [0.05, 0.1) is 0 Å². The average molecular weight is 281 g/mol. The molecule has 1 aliphatic rings. The van der Waals surface area contributed by atoms with Crippen molar-refractivity contribution in [2.24, 2.45) is 0 Å². The second kappa shape index (κ2) is 6.02.